The van der Waals surface area contributed by atoms with Gasteiger partial charge in [-0.25, -0.2) is 4.98 Å². The average molecular weight is 416 g/mol. The maximum absolute atomic E-state index is 12.6. The number of benzene rings is 2. The van der Waals surface area contributed by atoms with E-state index in [-0.39, 0.29) is 6.61 Å². The monoisotopic (exact) mass is 416 g/mol. The van der Waals surface area contributed by atoms with Crippen LogP contribution < -0.4 is 5.32 Å². The summed E-state index contributed by atoms with van der Waals surface area (Å²) in [6.45, 7) is 0.709. The van der Waals surface area contributed by atoms with Gasteiger partial charge in [0.2, 0.25) is 5.89 Å². The third kappa shape index (κ3) is 6.49. The lowest BCUT2D eigenvalue weighted by atomic mass is 10.1. The molecule has 0 saturated carbocycles. The van der Waals surface area contributed by atoms with Gasteiger partial charge in [0.05, 0.1) is 17.8 Å². The second-order valence-corrected chi connectivity index (χ2v) is 6.86. The lowest BCUT2D eigenvalue weighted by Gasteiger charge is -2.06. The van der Waals surface area contributed by atoms with Gasteiger partial charge in [0.25, 0.3) is 0 Å². The highest BCUT2D eigenvalue weighted by molar-refractivity contribution is 5.66. The van der Waals surface area contributed by atoms with Gasteiger partial charge in [-0.05, 0) is 60.7 Å². The number of nitrogens with zero attached hydrogens (tertiary/aromatic N) is 1. The molecule has 0 spiro atoms. The lowest BCUT2D eigenvalue weighted by Crippen LogP contribution is -2.03. The molecule has 0 aliphatic carbocycles. The highest BCUT2D eigenvalue weighted by atomic mass is 19.4. The minimum atomic E-state index is -4.34. The third-order valence-electron chi connectivity index (χ3n) is 4.53. The molecule has 2 aromatic carbocycles. The van der Waals surface area contributed by atoms with Crippen molar-refractivity contribution in [3.05, 3.63) is 83.1 Å². The van der Waals surface area contributed by atoms with E-state index in [0.717, 1.165) is 37.1 Å². The molecular weight excluding hydrogens is 393 g/mol. The number of rotatable bonds is 9. The summed E-state index contributed by atoms with van der Waals surface area (Å²) in [7, 11) is 0. The van der Waals surface area contributed by atoms with Crippen LogP contribution in [0, 0.1) is 0 Å². The minimum absolute atomic E-state index is 0.221. The summed E-state index contributed by atoms with van der Waals surface area (Å²) in [5.74, 6) is 0.380. The number of aliphatic hydroxyl groups is 1. The van der Waals surface area contributed by atoms with Gasteiger partial charge < -0.3 is 14.8 Å². The first-order valence-electron chi connectivity index (χ1n) is 9.67. The number of hydrogen-bond acceptors (Lipinski definition) is 4. The fourth-order valence-electron chi connectivity index (χ4n) is 2.85. The van der Waals surface area contributed by atoms with Gasteiger partial charge in [0, 0.05) is 18.4 Å². The van der Waals surface area contributed by atoms with Crippen LogP contribution in [0.15, 0.2) is 59.2 Å². The van der Waals surface area contributed by atoms with E-state index in [0.29, 0.717) is 23.7 Å². The first-order valence-corrected chi connectivity index (χ1v) is 9.67. The average Bonchev–Trinajstić information content (AvgIpc) is 3.19. The Morgan fingerprint density at radius 1 is 0.967 bits per heavy atom. The number of unbranched alkanes of at least 4 members (excludes halogenated alkanes) is 1. The SMILES string of the molecule is OCCCCc1ccc(NCc2coc(/C=C/c3ccc(C(F)(F)F)cc3)n2)cc1. The Balaban J connectivity index is 1.51. The summed E-state index contributed by atoms with van der Waals surface area (Å²) >= 11 is 0. The lowest BCUT2D eigenvalue weighted by molar-refractivity contribution is -0.137. The minimum Gasteiger partial charge on any atom is -0.445 e. The molecule has 3 rings (SSSR count). The first kappa shape index (κ1) is 21.6. The number of alkyl halides is 3. The van der Waals surface area contributed by atoms with Crippen molar-refractivity contribution >= 4 is 17.8 Å². The molecule has 0 radical (unpaired) electrons. The second kappa shape index (κ2) is 10.1. The van der Waals surface area contributed by atoms with Crippen LogP contribution in [-0.4, -0.2) is 16.7 Å². The van der Waals surface area contributed by atoms with Crippen molar-refractivity contribution in [2.24, 2.45) is 0 Å². The number of aryl methyl sites for hydroxylation is 1. The van der Waals surface area contributed by atoms with Gasteiger partial charge in [-0.1, -0.05) is 24.3 Å². The number of aromatic nitrogens is 1. The normalized spacial score (nSPS) is 11.9. The van der Waals surface area contributed by atoms with Crippen molar-refractivity contribution in [2.75, 3.05) is 11.9 Å². The molecule has 4 nitrogen and oxygen atoms in total. The van der Waals surface area contributed by atoms with E-state index in [1.165, 1.54) is 17.7 Å². The van der Waals surface area contributed by atoms with Crippen molar-refractivity contribution < 1.29 is 22.7 Å². The Morgan fingerprint density at radius 2 is 1.70 bits per heavy atom. The number of aliphatic hydroxyl groups excluding tert-OH is 1. The van der Waals surface area contributed by atoms with Crippen LogP contribution in [0.1, 0.15) is 41.1 Å². The van der Waals surface area contributed by atoms with E-state index in [1.807, 2.05) is 12.1 Å². The van der Waals surface area contributed by atoms with Gasteiger partial charge in [-0.15, -0.1) is 0 Å². The molecule has 7 heteroatoms. The second-order valence-electron chi connectivity index (χ2n) is 6.86. The Bertz CT molecular complexity index is 946. The van der Waals surface area contributed by atoms with Crippen LogP contribution >= 0.6 is 0 Å². The predicted molar refractivity (Wildman–Crippen MR) is 111 cm³/mol. The van der Waals surface area contributed by atoms with E-state index in [9.17, 15) is 13.2 Å². The molecule has 30 heavy (non-hydrogen) atoms. The zero-order valence-corrected chi connectivity index (χ0v) is 16.3. The first-order chi connectivity index (χ1) is 14.4. The molecule has 0 aliphatic rings. The van der Waals surface area contributed by atoms with Crippen molar-refractivity contribution in [1.82, 2.24) is 4.98 Å². The largest absolute Gasteiger partial charge is 0.445 e. The number of hydrogen-bond donors (Lipinski definition) is 2. The Kier molecular flexibility index (Phi) is 7.30. The highest BCUT2D eigenvalue weighted by Crippen LogP contribution is 2.29. The van der Waals surface area contributed by atoms with Gasteiger partial charge in [0.1, 0.15) is 6.26 Å². The number of halogens is 3. The molecule has 0 bridgehead atoms. The molecule has 2 N–H and O–H groups in total. The smallest absolute Gasteiger partial charge is 0.416 e. The van der Waals surface area contributed by atoms with Crippen molar-refractivity contribution in [1.29, 1.82) is 0 Å². The predicted octanol–water partition coefficient (Wildman–Crippen LogP) is 5.79. The molecule has 0 saturated heterocycles. The fourth-order valence-corrected chi connectivity index (χ4v) is 2.85. The maximum atomic E-state index is 12.6. The molecule has 0 aliphatic heterocycles. The topological polar surface area (TPSA) is 58.3 Å². The summed E-state index contributed by atoms with van der Waals surface area (Å²) < 4.78 is 43.2. The quantitative estimate of drug-likeness (QED) is 0.434. The summed E-state index contributed by atoms with van der Waals surface area (Å²) in [6, 6.07) is 13.0. The standard InChI is InChI=1S/C23H23F3N2O2/c24-23(25,26)19-9-4-18(5-10-19)8-13-22-28-21(16-30-22)15-27-20-11-6-17(7-12-20)3-1-2-14-29/h4-13,16,27,29H,1-3,14-15H2/b13-8+. The summed E-state index contributed by atoms with van der Waals surface area (Å²) in [5, 5.41) is 12.1. The Hall–Kier alpha value is -3.06. The summed E-state index contributed by atoms with van der Waals surface area (Å²) in [5.41, 5.74) is 2.85. The van der Waals surface area contributed by atoms with Gasteiger partial charge >= 0.3 is 6.18 Å². The molecular formula is C23H23F3N2O2. The highest BCUT2D eigenvalue weighted by Gasteiger charge is 2.29. The number of nitrogens with one attached hydrogen (secondary N) is 1. The zero-order chi connectivity index (χ0) is 21.4. The van der Waals surface area contributed by atoms with Crippen LogP contribution in [0.3, 0.4) is 0 Å². The van der Waals surface area contributed by atoms with E-state index < -0.39 is 11.7 Å². The molecule has 3 aromatic rings. The van der Waals surface area contributed by atoms with E-state index >= 15 is 0 Å². The van der Waals surface area contributed by atoms with E-state index in [2.05, 4.69) is 22.4 Å². The zero-order valence-electron chi connectivity index (χ0n) is 16.3. The molecule has 158 valence electrons. The van der Waals surface area contributed by atoms with Gasteiger partial charge in [-0.2, -0.15) is 13.2 Å². The summed E-state index contributed by atoms with van der Waals surface area (Å²) in [4.78, 5) is 4.35. The van der Waals surface area contributed by atoms with Gasteiger partial charge in [-0.3, -0.25) is 0 Å². The molecule has 0 amide bonds. The molecule has 0 fully saturated rings. The summed E-state index contributed by atoms with van der Waals surface area (Å²) in [6.07, 6.45) is 3.19. The molecule has 0 unspecified atom stereocenters. The maximum Gasteiger partial charge on any atom is 0.416 e. The fraction of sp³-hybridized carbons (Fsp3) is 0.261. The van der Waals surface area contributed by atoms with Crippen molar-refractivity contribution in [3.8, 4) is 0 Å². The Morgan fingerprint density at radius 3 is 2.37 bits per heavy atom. The van der Waals surface area contributed by atoms with Crippen LogP contribution in [0.2, 0.25) is 0 Å². The Labute approximate surface area is 173 Å². The number of anilines is 1. The van der Waals surface area contributed by atoms with Crippen molar-refractivity contribution in [3.63, 3.8) is 0 Å². The van der Waals surface area contributed by atoms with Crippen LogP contribution in [-0.2, 0) is 19.1 Å². The van der Waals surface area contributed by atoms with Crippen LogP contribution in [0.4, 0.5) is 18.9 Å². The van der Waals surface area contributed by atoms with E-state index in [1.54, 1.807) is 18.4 Å². The molecule has 1 heterocycles. The third-order valence-corrected chi connectivity index (χ3v) is 4.53. The van der Waals surface area contributed by atoms with Crippen LogP contribution in [0.25, 0.3) is 12.2 Å². The van der Waals surface area contributed by atoms with Gasteiger partial charge in [0.15, 0.2) is 0 Å². The molecule has 0 atom stereocenters. The van der Waals surface area contributed by atoms with Crippen LogP contribution in [0.5, 0.6) is 0 Å². The van der Waals surface area contributed by atoms with Crippen molar-refractivity contribution in [2.45, 2.75) is 32.0 Å². The molecule has 1 aromatic heterocycles. The van der Waals surface area contributed by atoms with E-state index in [4.69, 9.17) is 9.52 Å². The number of oxazole rings is 1.